The lowest BCUT2D eigenvalue weighted by atomic mass is 9.98. The molecule has 1 aromatic heterocycles. The Balaban J connectivity index is 2.08. The molecule has 1 aliphatic rings. The van der Waals surface area contributed by atoms with Crippen LogP contribution in [0.1, 0.15) is 0 Å². The minimum absolute atomic E-state index is 0.0850. The summed E-state index contributed by atoms with van der Waals surface area (Å²) in [7, 11) is 1.44. The predicted octanol–water partition coefficient (Wildman–Crippen LogP) is -0.968. The second kappa shape index (κ2) is 6.51. The van der Waals surface area contributed by atoms with Gasteiger partial charge in [-0.25, -0.2) is 4.98 Å². The third-order valence-electron chi connectivity index (χ3n) is 3.01. The van der Waals surface area contributed by atoms with Crippen LogP contribution < -0.4 is 10.1 Å². The average Bonchev–Trinajstić information content (AvgIpc) is 2.43. The highest BCUT2D eigenvalue weighted by molar-refractivity contribution is 6.29. The third kappa shape index (κ3) is 3.28. The third-order valence-corrected chi connectivity index (χ3v) is 3.20. The Bertz CT molecular complexity index is 464. The molecule has 0 saturated carbocycles. The van der Waals surface area contributed by atoms with Gasteiger partial charge in [-0.15, -0.1) is 0 Å². The molecule has 1 fully saturated rings. The molecule has 0 unspecified atom stereocenters. The predicted molar refractivity (Wildman–Crippen MR) is 69.8 cm³/mol. The van der Waals surface area contributed by atoms with E-state index in [9.17, 15) is 10.2 Å². The van der Waals surface area contributed by atoms with E-state index in [4.69, 9.17) is 26.2 Å². The highest BCUT2D eigenvalue weighted by Gasteiger charge is 2.38. The number of methoxy groups -OCH3 is 1. The molecule has 4 atom stereocenters. The monoisotopic (exact) mass is 305 g/mol. The smallest absolute Gasteiger partial charge is 0.227 e. The first-order valence-corrected chi connectivity index (χ1v) is 6.36. The van der Waals surface area contributed by atoms with Crippen LogP contribution in [0, 0.1) is 0 Å². The molecule has 1 aromatic rings. The maximum atomic E-state index is 9.97. The van der Waals surface area contributed by atoms with Gasteiger partial charge in [-0.1, -0.05) is 11.6 Å². The van der Waals surface area contributed by atoms with Crippen LogP contribution in [0.2, 0.25) is 5.15 Å². The fourth-order valence-electron chi connectivity index (χ4n) is 1.90. The van der Waals surface area contributed by atoms with Crippen LogP contribution in [0.3, 0.4) is 0 Å². The van der Waals surface area contributed by atoms with Crippen LogP contribution in [-0.4, -0.2) is 70.0 Å². The summed E-state index contributed by atoms with van der Waals surface area (Å²) in [6.07, 6.45) is -3.14. The van der Waals surface area contributed by atoms with E-state index in [-0.39, 0.29) is 30.2 Å². The summed E-state index contributed by atoms with van der Waals surface area (Å²) in [5.41, 5.74) is 0. The fourth-order valence-corrected chi connectivity index (χ4v) is 2.08. The quantitative estimate of drug-likeness (QED) is 0.525. The number of halogens is 1. The maximum absolute atomic E-state index is 9.97. The van der Waals surface area contributed by atoms with Gasteiger partial charge in [0.2, 0.25) is 11.8 Å². The first-order chi connectivity index (χ1) is 9.55. The number of hydrogen-bond acceptors (Lipinski definition) is 8. The molecule has 1 aliphatic heterocycles. The molecule has 2 rings (SSSR count). The van der Waals surface area contributed by atoms with E-state index in [0.717, 1.165) is 0 Å². The van der Waals surface area contributed by atoms with Gasteiger partial charge in [-0.2, -0.15) is 4.98 Å². The number of nitrogens with one attached hydrogen (secondary N) is 1. The molecule has 9 heteroatoms. The van der Waals surface area contributed by atoms with Crippen LogP contribution >= 0.6 is 11.6 Å². The normalized spacial score (nSPS) is 30.1. The Hall–Kier alpha value is -1.19. The number of aliphatic hydroxyl groups is 3. The van der Waals surface area contributed by atoms with E-state index >= 15 is 0 Å². The molecule has 0 aromatic carbocycles. The van der Waals surface area contributed by atoms with Crippen LogP contribution in [0.15, 0.2) is 6.07 Å². The van der Waals surface area contributed by atoms with Crippen molar-refractivity contribution in [1.29, 1.82) is 0 Å². The van der Waals surface area contributed by atoms with Gasteiger partial charge < -0.3 is 30.1 Å². The first kappa shape index (κ1) is 15.2. The Morgan fingerprint density at radius 2 is 2.20 bits per heavy atom. The number of ether oxygens (including phenoxy) is 2. The van der Waals surface area contributed by atoms with Crippen molar-refractivity contribution >= 4 is 17.5 Å². The van der Waals surface area contributed by atoms with Crippen molar-refractivity contribution in [3.05, 3.63) is 11.2 Å². The lowest BCUT2D eigenvalue weighted by molar-refractivity contribution is -0.152. The molecule has 0 spiro atoms. The van der Waals surface area contributed by atoms with Crippen LogP contribution in [-0.2, 0) is 4.74 Å². The number of aliphatic hydroxyl groups excluding tert-OH is 3. The summed E-state index contributed by atoms with van der Waals surface area (Å²) in [4.78, 5) is 7.96. The molecule has 0 amide bonds. The van der Waals surface area contributed by atoms with Gasteiger partial charge in [0.05, 0.1) is 26.4 Å². The number of aromatic nitrogens is 2. The molecule has 0 radical (unpaired) electrons. The van der Waals surface area contributed by atoms with E-state index < -0.39 is 24.4 Å². The molecule has 2 heterocycles. The summed E-state index contributed by atoms with van der Waals surface area (Å²) in [6, 6.07) is 0.813. The Morgan fingerprint density at radius 3 is 2.85 bits per heavy atom. The molecule has 20 heavy (non-hydrogen) atoms. The Morgan fingerprint density at radius 1 is 1.45 bits per heavy atom. The number of rotatable bonds is 4. The SMILES string of the molecule is COc1cc(Cl)nc(N[C@H]2CO[C@H](CO)[C@H](O)[C@@H]2O)n1. The minimum atomic E-state index is -1.20. The van der Waals surface area contributed by atoms with Crippen LogP contribution in [0.4, 0.5) is 5.95 Å². The summed E-state index contributed by atoms with van der Waals surface area (Å²) >= 11 is 5.81. The molecular formula is C11H16ClN3O5. The van der Waals surface area contributed by atoms with E-state index in [1.807, 2.05) is 0 Å². The van der Waals surface area contributed by atoms with Crippen LogP contribution in [0.25, 0.3) is 0 Å². The van der Waals surface area contributed by atoms with Gasteiger partial charge in [-0.05, 0) is 0 Å². The Kier molecular flexibility index (Phi) is 4.95. The van der Waals surface area contributed by atoms with Gasteiger partial charge in [0, 0.05) is 6.07 Å². The van der Waals surface area contributed by atoms with Crippen molar-refractivity contribution in [2.45, 2.75) is 24.4 Å². The molecule has 0 bridgehead atoms. The summed E-state index contributed by atoms with van der Waals surface area (Å²) in [5, 5.41) is 31.7. The fraction of sp³-hybridized carbons (Fsp3) is 0.636. The van der Waals surface area contributed by atoms with Crippen molar-refractivity contribution in [2.75, 3.05) is 25.6 Å². The zero-order chi connectivity index (χ0) is 14.7. The first-order valence-electron chi connectivity index (χ1n) is 5.99. The second-order valence-electron chi connectivity index (χ2n) is 4.34. The second-order valence-corrected chi connectivity index (χ2v) is 4.73. The van der Waals surface area contributed by atoms with Crippen molar-refractivity contribution in [2.24, 2.45) is 0 Å². The zero-order valence-electron chi connectivity index (χ0n) is 10.7. The van der Waals surface area contributed by atoms with Gasteiger partial charge in [0.25, 0.3) is 0 Å². The van der Waals surface area contributed by atoms with Crippen molar-refractivity contribution < 1.29 is 24.8 Å². The largest absolute Gasteiger partial charge is 0.481 e. The van der Waals surface area contributed by atoms with Crippen molar-refractivity contribution in [1.82, 2.24) is 9.97 Å². The van der Waals surface area contributed by atoms with Gasteiger partial charge in [-0.3, -0.25) is 0 Å². The summed E-state index contributed by atoms with van der Waals surface area (Å²) < 4.78 is 10.2. The molecule has 1 saturated heterocycles. The lowest BCUT2D eigenvalue weighted by Crippen LogP contribution is -2.56. The highest BCUT2D eigenvalue weighted by Crippen LogP contribution is 2.20. The lowest BCUT2D eigenvalue weighted by Gasteiger charge is -2.37. The number of hydrogen-bond donors (Lipinski definition) is 4. The number of nitrogens with zero attached hydrogens (tertiary/aromatic N) is 2. The van der Waals surface area contributed by atoms with E-state index in [0.29, 0.717) is 0 Å². The minimum Gasteiger partial charge on any atom is -0.481 e. The molecule has 0 aliphatic carbocycles. The number of anilines is 1. The Labute approximate surface area is 120 Å². The van der Waals surface area contributed by atoms with Gasteiger partial charge >= 0.3 is 0 Å². The average molecular weight is 306 g/mol. The maximum Gasteiger partial charge on any atom is 0.227 e. The van der Waals surface area contributed by atoms with Crippen molar-refractivity contribution in [3.63, 3.8) is 0 Å². The molecule has 8 nitrogen and oxygen atoms in total. The van der Waals surface area contributed by atoms with E-state index in [2.05, 4.69) is 15.3 Å². The van der Waals surface area contributed by atoms with E-state index in [1.54, 1.807) is 0 Å². The van der Waals surface area contributed by atoms with Crippen molar-refractivity contribution in [3.8, 4) is 5.88 Å². The summed E-state index contributed by atoms with van der Waals surface area (Å²) in [5.74, 6) is 0.421. The molecule has 112 valence electrons. The van der Waals surface area contributed by atoms with Crippen LogP contribution in [0.5, 0.6) is 5.88 Å². The van der Waals surface area contributed by atoms with E-state index in [1.165, 1.54) is 13.2 Å². The zero-order valence-corrected chi connectivity index (χ0v) is 11.5. The molecule has 4 N–H and O–H groups in total. The van der Waals surface area contributed by atoms with Gasteiger partial charge in [0.1, 0.15) is 23.5 Å². The van der Waals surface area contributed by atoms with Gasteiger partial charge in [0.15, 0.2) is 0 Å². The molecular weight excluding hydrogens is 290 g/mol. The standard InChI is InChI=1S/C11H16ClN3O5/c1-19-8-2-7(12)14-11(15-8)13-5-4-20-6(3-16)10(18)9(5)17/h2,5-6,9-10,16-18H,3-4H2,1H3,(H,13,14,15)/t5-,6+,9+,10-/m0/s1. The summed E-state index contributed by atoms with van der Waals surface area (Å²) in [6.45, 7) is -0.284. The topological polar surface area (TPSA) is 117 Å². The highest BCUT2D eigenvalue weighted by atomic mass is 35.5.